The first kappa shape index (κ1) is 34.6. The number of carbonyl (C=O) groups is 3. The normalized spacial score (nSPS) is 14.1. The van der Waals surface area contributed by atoms with Crippen LogP contribution in [0, 0.1) is 6.92 Å². The van der Waals surface area contributed by atoms with Gasteiger partial charge in [0.05, 0.1) is 30.3 Å². The van der Waals surface area contributed by atoms with Gasteiger partial charge in [-0.3, -0.25) is 14.4 Å². The Morgan fingerprint density at radius 3 is 2.42 bits per heavy atom. The summed E-state index contributed by atoms with van der Waals surface area (Å²) >= 11 is 0. The highest BCUT2D eigenvalue weighted by Gasteiger charge is 2.32. The van der Waals surface area contributed by atoms with E-state index >= 15 is 0 Å². The second-order valence-corrected chi connectivity index (χ2v) is 12.9. The molecule has 1 aliphatic rings. The summed E-state index contributed by atoms with van der Waals surface area (Å²) in [6.45, 7) is 7.48. The molecule has 0 fully saturated rings. The van der Waals surface area contributed by atoms with Crippen LogP contribution in [0.3, 0.4) is 0 Å². The molecule has 260 valence electrons. The number of fused-ring (bicyclic) bond motifs is 2. The Balaban J connectivity index is 1.35. The van der Waals surface area contributed by atoms with E-state index in [1.165, 1.54) is 0 Å². The van der Waals surface area contributed by atoms with E-state index in [9.17, 15) is 19.5 Å². The van der Waals surface area contributed by atoms with E-state index in [2.05, 4.69) is 24.3 Å². The summed E-state index contributed by atoms with van der Waals surface area (Å²) in [6.07, 6.45) is 4.25. The highest BCUT2D eigenvalue weighted by Crippen LogP contribution is 2.29. The summed E-state index contributed by atoms with van der Waals surface area (Å²) in [5.41, 5.74) is 5.39. The third-order valence-electron chi connectivity index (χ3n) is 9.30. The van der Waals surface area contributed by atoms with Gasteiger partial charge >= 0.3 is 0 Å². The Labute approximate surface area is 291 Å². The van der Waals surface area contributed by atoms with Crippen molar-refractivity contribution in [1.29, 1.82) is 0 Å². The highest BCUT2D eigenvalue weighted by molar-refractivity contribution is 6.01. The number of benzene rings is 3. The predicted octanol–water partition coefficient (Wildman–Crippen LogP) is 6.10. The Hall–Kier alpha value is -5.29. The Morgan fingerprint density at radius 2 is 1.68 bits per heavy atom. The number of para-hydroxylation sites is 1. The summed E-state index contributed by atoms with van der Waals surface area (Å²) < 4.78 is 7.00. The van der Waals surface area contributed by atoms with Crippen molar-refractivity contribution in [2.45, 2.75) is 71.9 Å². The van der Waals surface area contributed by atoms with Gasteiger partial charge in [0, 0.05) is 36.4 Å². The fourth-order valence-electron chi connectivity index (χ4n) is 6.53. The molecular weight excluding hydrogens is 632 g/mol. The second kappa shape index (κ2) is 15.5. The maximum atomic E-state index is 14.6. The predicted molar refractivity (Wildman–Crippen MR) is 191 cm³/mol. The Kier molecular flexibility index (Phi) is 10.7. The minimum atomic E-state index is -0.439. The zero-order chi connectivity index (χ0) is 35.2. The Bertz CT molecular complexity index is 1990. The van der Waals surface area contributed by atoms with Crippen LogP contribution in [0.15, 0.2) is 77.3 Å². The lowest BCUT2D eigenvalue weighted by atomic mass is 9.93. The number of unbranched alkanes of at least 4 members (excludes halogenated alkanes) is 2. The molecule has 1 aliphatic heterocycles. The van der Waals surface area contributed by atoms with Gasteiger partial charge in [-0.2, -0.15) is 5.10 Å². The molecule has 5 aromatic rings. The number of aliphatic hydroxyl groups excluding tert-OH is 1. The number of aryl methyl sites for hydroxylation is 1. The lowest BCUT2D eigenvalue weighted by Crippen LogP contribution is -2.46. The van der Waals surface area contributed by atoms with E-state index in [-0.39, 0.29) is 36.3 Å². The van der Waals surface area contributed by atoms with Crippen molar-refractivity contribution in [2.24, 2.45) is 0 Å². The van der Waals surface area contributed by atoms with Crippen LogP contribution in [0.25, 0.3) is 16.7 Å². The molecule has 2 N–H and O–H groups in total. The fourth-order valence-corrected chi connectivity index (χ4v) is 6.53. The number of rotatable bonds is 13. The largest absolute Gasteiger partial charge is 0.394 e. The smallest absolute Gasteiger partial charge is 0.274 e. The first-order chi connectivity index (χ1) is 24.3. The van der Waals surface area contributed by atoms with Crippen LogP contribution in [0.5, 0.6) is 0 Å². The first-order valence-corrected chi connectivity index (χ1v) is 17.4. The van der Waals surface area contributed by atoms with Crippen molar-refractivity contribution in [3.05, 3.63) is 107 Å². The number of nitrogens with one attached hydrogen (secondary N) is 1. The summed E-state index contributed by atoms with van der Waals surface area (Å²) in [5.74, 6) is -0.779. The maximum Gasteiger partial charge on any atom is 0.274 e. The van der Waals surface area contributed by atoms with Crippen molar-refractivity contribution in [1.82, 2.24) is 24.7 Å². The fraction of sp³-hybridized carbons (Fsp3) is 0.359. The topological polar surface area (TPSA) is 134 Å². The number of nitrogens with zero attached hydrogens (tertiary/aromatic N) is 5. The number of carbonyl (C=O) groups excluding carboxylic acids is 3. The van der Waals surface area contributed by atoms with Gasteiger partial charge in [0.15, 0.2) is 11.3 Å². The Morgan fingerprint density at radius 1 is 0.960 bits per heavy atom. The number of amides is 3. The van der Waals surface area contributed by atoms with Gasteiger partial charge in [0.1, 0.15) is 5.69 Å². The zero-order valence-electron chi connectivity index (χ0n) is 28.9. The van der Waals surface area contributed by atoms with E-state index in [1.54, 1.807) is 39.9 Å². The lowest BCUT2D eigenvalue weighted by molar-refractivity contribution is -0.115. The third kappa shape index (κ3) is 7.33. The molecule has 6 rings (SSSR count). The molecule has 0 radical (unpaired) electrons. The van der Waals surface area contributed by atoms with Crippen LogP contribution >= 0.6 is 0 Å². The number of aliphatic hydroxyl groups is 1. The number of hydrogen-bond donors (Lipinski definition) is 2. The summed E-state index contributed by atoms with van der Waals surface area (Å²) in [6, 6.07) is 21.7. The molecule has 0 saturated heterocycles. The molecule has 2 aromatic heterocycles. The van der Waals surface area contributed by atoms with E-state index in [0.29, 0.717) is 60.1 Å². The van der Waals surface area contributed by atoms with E-state index < -0.39 is 6.04 Å². The van der Waals surface area contributed by atoms with E-state index in [1.807, 2.05) is 54.3 Å². The molecule has 3 heterocycles. The molecule has 50 heavy (non-hydrogen) atoms. The molecule has 0 spiro atoms. The van der Waals surface area contributed by atoms with Gasteiger partial charge < -0.3 is 24.7 Å². The molecule has 3 aromatic carbocycles. The molecule has 0 aliphatic carbocycles. The second-order valence-electron chi connectivity index (χ2n) is 12.9. The monoisotopic (exact) mass is 676 g/mol. The first-order valence-electron chi connectivity index (χ1n) is 17.4. The van der Waals surface area contributed by atoms with Crippen molar-refractivity contribution in [2.75, 3.05) is 25.0 Å². The van der Waals surface area contributed by atoms with Crippen molar-refractivity contribution in [3.63, 3.8) is 0 Å². The molecule has 11 nitrogen and oxygen atoms in total. The van der Waals surface area contributed by atoms with Gasteiger partial charge in [-0.05, 0) is 73.7 Å². The quantitative estimate of drug-likeness (QED) is 0.154. The molecule has 0 saturated carbocycles. The molecule has 1 unspecified atom stereocenters. The summed E-state index contributed by atoms with van der Waals surface area (Å²) in [5, 5.41) is 22.9. The van der Waals surface area contributed by atoms with Crippen LogP contribution in [0.1, 0.15) is 82.9 Å². The van der Waals surface area contributed by atoms with Crippen LogP contribution in [0.2, 0.25) is 0 Å². The van der Waals surface area contributed by atoms with Crippen molar-refractivity contribution >= 4 is 34.4 Å². The third-order valence-corrected chi connectivity index (χ3v) is 9.30. The summed E-state index contributed by atoms with van der Waals surface area (Å²) in [4.78, 5) is 45.1. The van der Waals surface area contributed by atoms with E-state index in [0.717, 1.165) is 42.2 Å². The minimum Gasteiger partial charge on any atom is -0.394 e. The van der Waals surface area contributed by atoms with Gasteiger partial charge in [-0.25, -0.2) is 4.68 Å². The van der Waals surface area contributed by atoms with Crippen molar-refractivity contribution < 1.29 is 24.0 Å². The van der Waals surface area contributed by atoms with Crippen LogP contribution in [-0.2, 0) is 24.2 Å². The molecule has 0 bridgehead atoms. The molecule has 3 amide bonds. The number of anilines is 1. The molecule has 11 heteroatoms. The van der Waals surface area contributed by atoms with Crippen LogP contribution in [-0.4, -0.2) is 73.3 Å². The lowest BCUT2D eigenvalue weighted by Gasteiger charge is -2.36. The average Bonchev–Trinajstić information content (AvgIpc) is 3.73. The molecule has 1 atom stereocenters. The number of hydrogen-bond acceptors (Lipinski definition) is 7. The SMILES string of the molecule is CCCCN(CCCC)C(=O)c1cc(C)n(-c2ccc(NC(=O)Cc3noc4ccccc34)cc2C(=O)N2Cc3ccccc3CC2CO)n1. The van der Waals surface area contributed by atoms with Crippen molar-refractivity contribution in [3.8, 4) is 5.69 Å². The standard InChI is InChI=1S/C39H44N6O5/c1-4-6-18-43(19-7-5-2)39(49)34-20-26(3)45(41-34)35-17-16-29(40-37(47)23-33-31-14-10-11-15-36(31)50-42-33)22-32(35)38(48)44-24-28-13-9-8-12-27(28)21-30(44)25-46/h8-17,20,22,30,46H,4-7,18-19,21,23-25H2,1-3H3,(H,40,47). The van der Waals surface area contributed by atoms with Gasteiger partial charge in [-0.1, -0.05) is 68.2 Å². The van der Waals surface area contributed by atoms with Crippen LogP contribution < -0.4 is 5.32 Å². The van der Waals surface area contributed by atoms with Crippen LogP contribution in [0.4, 0.5) is 5.69 Å². The number of aromatic nitrogens is 3. The molecular formula is C39H44N6O5. The van der Waals surface area contributed by atoms with E-state index in [4.69, 9.17) is 9.62 Å². The summed E-state index contributed by atoms with van der Waals surface area (Å²) in [7, 11) is 0. The average molecular weight is 677 g/mol. The maximum absolute atomic E-state index is 14.6. The van der Waals surface area contributed by atoms with Gasteiger partial charge in [0.25, 0.3) is 11.8 Å². The van der Waals surface area contributed by atoms with Gasteiger partial charge in [-0.15, -0.1) is 0 Å². The zero-order valence-corrected chi connectivity index (χ0v) is 28.9. The van der Waals surface area contributed by atoms with Gasteiger partial charge in [0.2, 0.25) is 5.91 Å². The highest BCUT2D eigenvalue weighted by atomic mass is 16.5. The minimum absolute atomic E-state index is 0.0200.